The van der Waals surface area contributed by atoms with Crippen molar-refractivity contribution in [3.05, 3.63) is 67.8 Å². The molecule has 0 aromatic heterocycles. The highest BCUT2D eigenvalue weighted by molar-refractivity contribution is 5.99. The van der Waals surface area contributed by atoms with Crippen LogP contribution in [-0.4, -0.2) is 65.5 Å². The van der Waals surface area contributed by atoms with Gasteiger partial charge in [-0.1, -0.05) is 42.5 Å². The normalized spacial score (nSPS) is 16.1. The summed E-state index contributed by atoms with van der Waals surface area (Å²) in [5.74, 6) is -2.56. The van der Waals surface area contributed by atoms with E-state index in [4.69, 9.17) is 4.74 Å². The van der Waals surface area contributed by atoms with Gasteiger partial charge in [-0.25, -0.2) is 0 Å². The predicted octanol–water partition coefficient (Wildman–Crippen LogP) is 3.73. The van der Waals surface area contributed by atoms with Gasteiger partial charge in [-0.2, -0.15) is 0 Å². The van der Waals surface area contributed by atoms with Crippen molar-refractivity contribution in [1.29, 1.82) is 0 Å². The molecule has 0 bridgehead atoms. The standard InChI is InChI=1S/C31H39N3O6/c1-3-5-6-14-29(37)40-21-27(31(39)32-25-16-15-22-11-7-8-12-23(22)18-25)33-30(38)24(10-4-2)19-28(36)34-17-9-13-26(34)20-35/h3-4,7-8,11-12,15-16,18,24,26-27,35H,1-2,5-6,9-10,13-14,17,19-21H2,(H,32,39)(H,33,38). The highest BCUT2D eigenvalue weighted by atomic mass is 16.5. The first kappa shape index (κ1) is 30.6. The lowest BCUT2D eigenvalue weighted by Crippen LogP contribution is -2.49. The van der Waals surface area contributed by atoms with Crippen LogP contribution in [0.2, 0.25) is 0 Å². The number of likely N-dealkylation sites (tertiary alicyclic amines) is 1. The highest BCUT2D eigenvalue weighted by Gasteiger charge is 2.32. The van der Waals surface area contributed by atoms with Gasteiger partial charge in [0.05, 0.1) is 18.6 Å². The number of aliphatic hydroxyl groups is 1. The van der Waals surface area contributed by atoms with Crippen LogP contribution in [0.15, 0.2) is 67.8 Å². The van der Waals surface area contributed by atoms with Gasteiger partial charge < -0.3 is 25.4 Å². The van der Waals surface area contributed by atoms with E-state index in [1.807, 2.05) is 36.4 Å². The molecule has 3 rings (SSSR count). The zero-order chi connectivity index (χ0) is 28.9. The molecule has 1 fully saturated rings. The average molecular weight is 550 g/mol. The Hall–Kier alpha value is -3.98. The molecule has 3 amide bonds. The summed E-state index contributed by atoms with van der Waals surface area (Å²) < 4.78 is 5.34. The number of aliphatic hydroxyl groups excluding tert-OH is 1. The molecule has 1 heterocycles. The second-order valence-electron chi connectivity index (χ2n) is 9.97. The van der Waals surface area contributed by atoms with E-state index in [1.54, 1.807) is 23.1 Å². The van der Waals surface area contributed by atoms with Crippen molar-refractivity contribution in [3.8, 4) is 0 Å². The van der Waals surface area contributed by atoms with Crippen molar-refractivity contribution in [1.82, 2.24) is 10.2 Å². The van der Waals surface area contributed by atoms with E-state index in [9.17, 15) is 24.3 Å². The number of nitrogens with zero attached hydrogens (tertiary/aromatic N) is 1. The predicted molar refractivity (Wildman–Crippen MR) is 154 cm³/mol. The molecule has 2 aromatic carbocycles. The molecule has 0 saturated carbocycles. The number of hydrogen-bond acceptors (Lipinski definition) is 6. The first-order valence-electron chi connectivity index (χ1n) is 13.7. The molecule has 2 aromatic rings. The van der Waals surface area contributed by atoms with Crippen LogP contribution in [-0.2, 0) is 23.9 Å². The minimum Gasteiger partial charge on any atom is -0.463 e. The van der Waals surface area contributed by atoms with Crippen LogP contribution in [0.3, 0.4) is 0 Å². The Kier molecular flexibility index (Phi) is 11.9. The Bertz CT molecular complexity index is 1210. The van der Waals surface area contributed by atoms with E-state index in [-0.39, 0.29) is 44.4 Å². The third-order valence-electron chi connectivity index (χ3n) is 7.00. The monoisotopic (exact) mass is 549 g/mol. The highest BCUT2D eigenvalue weighted by Crippen LogP contribution is 2.22. The fourth-order valence-electron chi connectivity index (χ4n) is 4.77. The van der Waals surface area contributed by atoms with Crippen molar-refractivity contribution in [2.45, 2.75) is 57.0 Å². The topological polar surface area (TPSA) is 125 Å². The van der Waals surface area contributed by atoms with Crippen molar-refractivity contribution < 1.29 is 29.0 Å². The molecule has 0 spiro atoms. The van der Waals surface area contributed by atoms with Gasteiger partial charge in [0.2, 0.25) is 11.8 Å². The Morgan fingerprint density at radius 2 is 1.85 bits per heavy atom. The van der Waals surface area contributed by atoms with Gasteiger partial charge in [-0.05, 0) is 55.0 Å². The number of allylic oxidation sites excluding steroid dienone is 2. The van der Waals surface area contributed by atoms with Crippen LogP contribution in [0.5, 0.6) is 0 Å². The number of carbonyl (C=O) groups excluding carboxylic acids is 4. The maximum Gasteiger partial charge on any atom is 0.305 e. The number of hydrogen-bond donors (Lipinski definition) is 3. The van der Waals surface area contributed by atoms with Gasteiger partial charge in [0.15, 0.2) is 0 Å². The van der Waals surface area contributed by atoms with Gasteiger partial charge in [0.25, 0.3) is 5.91 Å². The number of rotatable bonds is 15. The van der Waals surface area contributed by atoms with E-state index < -0.39 is 29.7 Å². The maximum absolute atomic E-state index is 13.3. The van der Waals surface area contributed by atoms with E-state index in [0.29, 0.717) is 25.1 Å². The molecule has 3 unspecified atom stereocenters. The quantitative estimate of drug-likeness (QED) is 0.177. The number of unbranched alkanes of at least 4 members (excludes halogenated alkanes) is 1. The first-order chi connectivity index (χ1) is 19.4. The van der Waals surface area contributed by atoms with Crippen LogP contribution >= 0.6 is 0 Å². The van der Waals surface area contributed by atoms with E-state index in [2.05, 4.69) is 23.8 Å². The Balaban J connectivity index is 1.72. The van der Waals surface area contributed by atoms with E-state index in [0.717, 1.165) is 23.6 Å². The van der Waals surface area contributed by atoms with Gasteiger partial charge >= 0.3 is 5.97 Å². The Labute approximate surface area is 235 Å². The third-order valence-corrected chi connectivity index (χ3v) is 7.00. The molecule has 40 heavy (non-hydrogen) atoms. The largest absolute Gasteiger partial charge is 0.463 e. The summed E-state index contributed by atoms with van der Waals surface area (Å²) in [5.41, 5.74) is 0.530. The number of amides is 3. The third kappa shape index (κ3) is 8.77. The van der Waals surface area contributed by atoms with Crippen molar-refractivity contribution >= 4 is 40.2 Å². The van der Waals surface area contributed by atoms with Crippen molar-refractivity contribution in [2.75, 3.05) is 25.1 Å². The number of benzene rings is 2. The molecule has 0 radical (unpaired) electrons. The van der Waals surface area contributed by atoms with Gasteiger partial charge in [-0.3, -0.25) is 19.2 Å². The summed E-state index contributed by atoms with van der Waals surface area (Å²) in [6.45, 7) is 7.39. The minimum absolute atomic E-state index is 0.0886. The first-order valence-corrected chi connectivity index (χ1v) is 13.7. The summed E-state index contributed by atoms with van der Waals surface area (Å²) in [4.78, 5) is 53.4. The molecule has 0 aliphatic carbocycles. The van der Waals surface area contributed by atoms with Crippen molar-refractivity contribution in [2.24, 2.45) is 5.92 Å². The molecule has 1 saturated heterocycles. The maximum atomic E-state index is 13.3. The van der Waals surface area contributed by atoms with Crippen LogP contribution in [0.25, 0.3) is 10.8 Å². The molecule has 214 valence electrons. The molecule has 3 atom stereocenters. The van der Waals surface area contributed by atoms with Gasteiger partial charge in [-0.15, -0.1) is 13.2 Å². The number of esters is 1. The zero-order valence-corrected chi connectivity index (χ0v) is 22.8. The van der Waals surface area contributed by atoms with Crippen LogP contribution in [0.1, 0.15) is 44.9 Å². The number of fused-ring (bicyclic) bond motifs is 1. The summed E-state index contributed by atoms with van der Waals surface area (Å²) in [6, 6.07) is 11.7. The average Bonchev–Trinajstić information content (AvgIpc) is 3.44. The zero-order valence-electron chi connectivity index (χ0n) is 22.8. The molecule has 1 aliphatic rings. The summed E-state index contributed by atoms with van der Waals surface area (Å²) in [5, 5.41) is 17.0. The molecule has 1 aliphatic heterocycles. The van der Waals surface area contributed by atoms with Crippen LogP contribution in [0, 0.1) is 5.92 Å². The van der Waals surface area contributed by atoms with Crippen LogP contribution < -0.4 is 10.6 Å². The molecular formula is C31H39N3O6. The SMILES string of the molecule is C=CCCCC(=O)OCC(NC(=O)C(CC=C)CC(=O)N1CCCC1CO)C(=O)Nc1ccc2ccccc2c1. The lowest BCUT2D eigenvalue weighted by molar-refractivity contribution is -0.146. The second-order valence-corrected chi connectivity index (χ2v) is 9.97. The lowest BCUT2D eigenvalue weighted by atomic mass is 9.98. The van der Waals surface area contributed by atoms with E-state index >= 15 is 0 Å². The Morgan fingerprint density at radius 1 is 1.07 bits per heavy atom. The van der Waals surface area contributed by atoms with Gasteiger partial charge in [0.1, 0.15) is 12.6 Å². The summed E-state index contributed by atoms with van der Waals surface area (Å²) >= 11 is 0. The van der Waals surface area contributed by atoms with Gasteiger partial charge in [0, 0.05) is 25.1 Å². The van der Waals surface area contributed by atoms with E-state index in [1.165, 1.54) is 0 Å². The molecule has 9 nitrogen and oxygen atoms in total. The number of nitrogens with one attached hydrogen (secondary N) is 2. The number of carbonyl (C=O) groups is 4. The molecule has 3 N–H and O–H groups in total. The fraction of sp³-hybridized carbons (Fsp3) is 0.419. The smallest absolute Gasteiger partial charge is 0.305 e. The number of ether oxygens (including phenoxy) is 1. The fourth-order valence-corrected chi connectivity index (χ4v) is 4.77. The number of anilines is 1. The lowest BCUT2D eigenvalue weighted by Gasteiger charge is -2.26. The second kappa shape index (κ2) is 15.6. The van der Waals surface area contributed by atoms with Crippen LogP contribution in [0.4, 0.5) is 5.69 Å². The summed E-state index contributed by atoms with van der Waals surface area (Å²) in [7, 11) is 0. The van der Waals surface area contributed by atoms with Crippen molar-refractivity contribution in [3.63, 3.8) is 0 Å². The molecular weight excluding hydrogens is 510 g/mol. The Morgan fingerprint density at radius 3 is 2.58 bits per heavy atom. The molecule has 9 heteroatoms. The summed E-state index contributed by atoms with van der Waals surface area (Å²) in [6.07, 6.45) is 6.29. The minimum atomic E-state index is -1.18.